The van der Waals surface area contributed by atoms with E-state index in [9.17, 15) is 10.1 Å². The van der Waals surface area contributed by atoms with E-state index in [-0.39, 0.29) is 5.75 Å². The van der Waals surface area contributed by atoms with E-state index in [1.165, 1.54) is 7.11 Å². The molecule has 2 N–H and O–H groups in total. The van der Waals surface area contributed by atoms with Crippen LogP contribution in [0.15, 0.2) is 34.8 Å². The second kappa shape index (κ2) is 8.67. The van der Waals surface area contributed by atoms with Gasteiger partial charge in [-0.05, 0) is 51.8 Å². The van der Waals surface area contributed by atoms with Crippen molar-refractivity contribution in [1.29, 1.82) is 5.26 Å². The summed E-state index contributed by atoms with van der Waals surface area (Å²) in [5.41, 5.74) is 2.41. The second-order valence-corrected chi connectivity index (χ2v) is 6.71. The summed E-state index contributed by atoms with van der Waals surface area (Å²) in [5, 5.41) is 18.4. The van der Waals surface area contributed by atoms with Crippen LogP contribution >= 0.6 is 15.9 Å². The first-order chi connectivity index (χ1) is 13.9. The molecule has 3 rings (SSSR count). The number of nitrogens with zero attached hydrogens (tertiary/aromatic N) is 2. The molecule has 8 nitrogen and oxygen atoms in total. The zero-order chi connectivity index (χ0) is 21.0. The number of halogens is 1. The van der Waals surface area contributed by atoms with Gasteiger partial charge in [-0.1, -0.05) is 0 Å². The second-order valence-electron chi connectivity index (χ2n) is 5.85. The molecular weight excluding hydrogens is 442 g/mol. The monoisotopic (exact) mass is 457 g/mol. The standard InChI is InChI=1S/C20H16BrN3O5/c1-27-13-3-4-15-16(8-13)24-20(23-15)12(9-22)5-11-6-14(21)19(17(7-11)28-2)29-10-18(25)26/h3-8H,10H2,1-2H3,(H,23,24)(H,25,26)/b12-5-. The number of allylic oxidation sites excluding steroid dienone is 1. The summed E-state index contributed by atoms with van der Waals surface area (Å²) in [5.74, 6) is 0.592. The number of H-pyrrole nitrogens is 1. The van der Waals surface area contributed by atoms with Crippen LogP contribution < -0.4 is 14.2 Å². The van der Waals surface area contributed by atoms with Crippen molar-refractivity contribution in [3.8, 4) is 23.3 Å². The number of rotatable bonds is 7. The van der Waals surface area contributed by atoms with Crippen molar-refractivity contribution >= 4 is 44.6 Å². The van der Waals surface area contributed by atoms with Crippen LogP contribution in [0, 0.1) is 11.3 Å². The van der Waals surface area contributed by atoms with E-state index in [4.69, 9.17) is 19.3 Å². The average Bonchev–Trinajstić information content (AvgIpc) is 3.13. The fraction of sp³-hybridized carbons (Fsp3) is 0.150. The molecule has 0 radical (unpaired) electrons. The molecule has 3 aromatic rings. The van der Waals surface area contributed by atoms with E-state index in [1.54, 1.807) is 43.5 Å². The number of nitrogens with one attached hydrogen (secondary N) is 1. The number of benzene rings is 2. The number of nitriles is 1. The topological polar surface area (TPSA) is 117 Å². The highest BCUT2D eigenvalue weighted by Crippen LogP contribution is 2.37. The third-order valence-corrected chi connectivity index (χ3v) is 4.56. The minimum absolute atomic E-state index is 0.265. The maximum absolute atomic E-state index is 10.8. The van der Waals surface area contributed by atoms with E-state index in [0.29, 0.717) is 38.4 Å². The molecule has 1 heterocycles. The van der Waals surface area contributed by atoms with Crippen molar-refractivity contribution < 1.29 is 24.1 Å². The number of hydrogen-bond acceptors (Lipinski definition) is 6. The highest BCUT2D eigenvalue weighted by Gasteiger charge is 2.14. The minimum Gasteiger partial charge on any atom is -0.497 e. The summed E-state index contributed by atoms with van der Waals surface area (Å²) >= 11 is 3.35. The van der Waals surface area contributed by atoms with Gasteiger partial charge in [-0.15, -0.1) is 0 Å². The molecule has 0 aliphatic rings. The van der Waals surface area contributed by atoms with E-state index in [2.05, 4.69) is 32.0 Å². The first-order valence-corrected chi connectivity index (χ1v) is 9.12. The van der Waals surface area contributed by atoms with Gasteiger partial charge in [0.15, 0.2) is 18.1 Å². The molecular formula is C20H16BrN3O5. The number of ether oxygens (including phenoxy) is 3. The van der Waals surface area contributed by atoms with Gasteiger partial charge in [0, 0.05) is 6.07 Å². The third kappa shape index (κ3) is 4.50. The predicted molar refractivity (Wildman–Crippen MR) is 110 cm³/mol. The fourth-order valence-electron chi connectivity index (χ4n) is 2.66. The molecule has 2 aromatic carbocycles. The largest absolute Gasteiger partial charge is 0.497 e. The summed E-state index contributed by atoms with van der Waals surface area (Å²) in [6, 6.07) is 10.9. The van der Waals surface area contributed by atoms with Gasteiger partial charge in [-0.25, -0.2) is 9.78 Å². The van der Waals surface area contributed by atoms with Crippen LogP contribution in [0.1, 0.15) is 11.4 Å². The van der Waals surface area contributed by atoms with E-state index in [1.807, 2.05) is 0 Å². The van der Waals surface area contributed by atoms with Gasteiger partial charge in [0.1, 0.15) is 17.6 Å². The van der Waals surface area contributed by atoms with E-state index >= 15 is 0 Å². The Labute approximate surface area is 174 Å². The molecule has 1 aromatic heterocycles. The molecule has 0 aliphatic heterocycles. The Morgan fingerprint density at radius 3 is 2.76 bits per heavy atom. The zero-order valence-electron chi connectivity index (χ0n) is 15.5. The molecule has 148 valence electrons. The molecule has 0 unspecified atom stereocenters. The van der Waals surface area contributed by atoms with Gasteiger partial charge >= 0.3 is 5.97 Å². The molecule has 0 aliphatic carbocycles. The minimum atomic E-state index is -1.10. The zero-order valence-corrected chi connectivity index (χ0v) is 17.1. The van der Waals surface area contributed by atoms with Crippen molar-refractivity contribution in [2.45, 2.75) is 0 Å². The smallest absolute Gasteiger partial charge is 0.341 e. The normalized spacial score (nSPS) is 11.2. The Hall–Kier alpha value is -3.51. The lowest BCUT2D eigenvalue weighted by Crippen LogP contribution is -2.10. The van der Waals surface area contributed by atoms with Crippen molar-refractivity contribution in [2.75, 3.05) is 20.8 Å². The van der Waals surface area contributed by atoms with Gasteiger partial charge in [0.2, 0.25) is 0 Å². The van der Waals surface area contributed by atoms with Gasteiger partial charge in [-0.2, -0.15) is 5.26 Å². The Morgan fingerprint density at radius 2 is 2.10 bits per heavy atom. The quantitative estimate of drug-likeness (QED) is 0.516. The Morgan fingerprint density at radius 1 is 1.31 bits per heavy atom. The fourth-order valence-corrected chi connectivity index (χ4v) is 3.23. The Balaban J connectivity index is 1.99. The Kier molecular flexibility index (Phi) is 6.04. The number of carboxylic acids is 1. The van der Waals surface area contributed by atoms with E-state index < -0.39 is 12.6 Å². The van der Waals surface area contributed by atoms with Crippen LogP contribution in [0.5, 0.6) is 17.2 Å². The van der Waals surface area contributed by atoms with Crippen molar-refractivity contribution in [2.24, 2.45) is 0 Å². The highest BCUT2D eigenvalue weighted by molar-refractivity contribution is 9.10. The van der Waals surface area contributed by atoms with Crippen molar-refractivity contribution in [3.05, 3.63) is 46.2 Å². The number of aromatic nitrogens is 2. The Bertz CT molecular complexity index is 1150. The molecule has 0 saturated heterocycles. The first kappa shape index (κ1) is 20.2. The number of carboxylic acid groups (broad SMARTS) is 1. The summed E-state index contributed by atoms with van der Waals surface area (Å²) in [7, 11) is 3.02. The van der Waals surface area contributed by atoms with Gasteiger partial charge in [0.25, 0.3) is 0 Å². The number of hydrogen-bond donors (Lipinski definition) is 2. The van der Waals surface area contributed by atoms with Crippen LogP contribution in [0.3, 0.4) is 0 Å². The van der Waals surface area contributed by atoms with E-state index in [0.717, 1.165) is 5.52 Å². The average molecular weight is 458 g/mol. The number of carbonyl (C=O) groups is 1. The summed E-state index contributed by atoms with van der Waals surface area (Å²) in [4.78, 5) is 18.3. The molecule has 9 heteroatoms. The lowest BCUT2D eigenvalue weighted by Gasteiger charge is -2.12. The number of methoxy groups -OCH3 is 2. The molecule has 0 saturated carbocycles. The molecule has 29 heavy (non-hydrogen) atoms. The molecule has 0 spiro atoms. The number of fused-ring (bicyclic) bond motifs is 1. The molecule has 0 fully saturated rings. The predicted octanol–water partition coefficient (Wildman–Crippen LogP) is 3.87. The van der Waals surface area contributed by atoms with Crippen LogP contribution in [0.4, 0.5) is 0 Å². The third-order valence-electron chi connectivity index (χ3n) is 3.97. The van der Waals surface area contributed by atoms with Gasteiger partial charge < -0.3 is 24.3 Å². The highest BCUT2D eigenvalue weighted by atomic mass is 79.9. The number of aromatic amines is 1. The number of aliphatic carboxylic acids is 1. The van der Waals surface area contributed by atoms with Crippen LogP contribution in [-0.2, 0) is 4.79 Å². The van der Waals surface area contributed by atoms with Crippen molar-refractivity contribution in [1.82, 2.24) is 9.97 Å². The molecule has 0 amide bonds. The maximum atomic E-state index is 10.8. The SMILES string of the molecule is COc1ccc2nc(/C(C#N)=C\c3cc(Br)c(OCC(=O)O)c(OC)c3)[nH]c2c1. The summed E-state index contributed by atoms with van der Waals surface area (Å²) in [6.07, 6.45) is 1.64. The van der Waals surface area contributed by atoms with Crippen LogP contribution in [0.25, 0.3) is 22.7 Å². The van der Waals surface area contributed by atoms with Crippen LogP contribution in [-0.4, -0.2) is 41.9 Å². The lowest BCUT2D eigenvalue weighted by atomic mass is 10.1. The van der Waals surface area contributed by atoms with Gasteiger partial charge in [0.05, 0.1) is 35.3 Å². The molecule has 0 atom stereocenters. The lowest BCUT2D eigenvalue weighted by molar-refractivity contribution is -0.139. The maximum Gasteiger partial charge on any atom is 0.341 e. The summed E-state index contributed by atoms with van der Waals surface area (Å²) < 4.78 is 16.3. The first-order valence-electron chi connectivity index (χ1n) is 8.33. The van der Waals surface area contributed by atoms with Crippen molar-refractivity contribution in [3.63, 3.8) is 0 Å². The summed E-state index contributed by atoms with van der Waals surface area (Å²) in [6.45, 7) is -0.504. The van der Waals surface area contributed by atoms with Crippen LogP contribution in [0.2, 0.25) is 0 Å². The van der Waals surface area contributed by atoms with Gasteiger partial charge in [-0.3, -0.25) is 0 Å². The molecule has 0 bridgehead atoms. The number of imidazole rings is 1.